The minimum Gasteiger partial charge on any atom is -0.350 e. The van der Waals surface area contributed by atoms with E-state index in [4.69, 9.17) is 9.47 Å². The number of hydrogen-bond acceptors (Lipinski definition) is 3. The van der Waals surface area contributed by atoms with E-state index in [2.05, 4.69) is 26.1 Å². The van der Waals surface area contributed by atoms with E-state index in [0.29, 0.717) is 6.04 Å². The van der Waals surface area contributed by atoms with Crippen LogP contribution in [0.4, 0.5) is 0 Å². The number of rotatable bonds is 10. The number of hydrogen-bond donors (Lipinski definition) is 1. The Bertz CT molecular complexity index is 193. The highest BCUT2D eigenvalue weighted by Crippen LogP contribution is 2.22. The van der Waals surface area contributed by atoms with Crippen LogP contribution in [0, 0.1) is 5.92 Å². The lowest BCUT2D eigenvalue weighted by molar-refractivity contribution is -0.0540. The summed E-state index contributed by atoms with van der Waals surface area (Å²) < 4.78 is 11.1. The molecule has 0 aromatic heterocycles. The quantitative estimate of drug-likeness (QED) is 0.651. The maximum atomic E-state index is 5.56. The van der Waals surface area contributed by atoms with Crippen molar-refractivity contribution in [1.29, 1.82) is 0 Å². The van der Waals surface area contributed by atoms with Gasteiger partial charge in [0.15, 0.2) is 6.29 Å². The van der Waals surface area contributed by atoms with Gasteiger partial charge >= 0.3 is 0 Å². The summed E-state index contributed by atoms with van der Waals surface area (Å²) in [5, 5.41) is 3.59. The molecule has 0 aliphatic carbocycles. The van der Waals surface area contributed by atoms with Crippen molar-refractivity contribution < 1.29 is 9.47 Å². The van der Waals surface area contributed by atoms with Crippen molar-refractivity contribution >= 4 is 0 Å². The second-order valence-corrected chi connectivity index (χ2v) is 5.31. The maximum absolute atomic E-state index is 5.56. The zero-order valence-corrected chi connectivity index (χ0v) is 12.4. The van der Waals surface area contributed by atoms with Crippen LogP contribution in [0.1, 0.15) is 59.3 Å². The molecule has 0 aromatic carbocycles. The lowest BCUT2D eigenvalue weighted by Crippen LogP contribution is -2.34. The molecule has 1 fully saturated rings. The average molecular weight is 257 g/mol. The van der Waals surface area contributed by atoms with Crippen molar-refractivity contribution in [2.75, 3.05) is 19.8 Å². The SMILES string of the molecule is CCCCC(CC)CC(CC1OCCO1)NCC. The van der Waals surface area contributed by atoms with Crippen molar-refractivity contribution in [3.8, 4) is 0 Å². The molecule has 0 radical (unpaired) electrons. The molecular weight excluding hydrogens is 226 g/mol. The van der Waals surface area contributed by atoms with Gasteiger partial charge < -0.3 is 14.8 Å². The average Bonchev–Trinajstić information content (AvgIpc) is 2.87. The Kier molecular flexibility index (Phi) is 8.64. The molecule has 0 bridgehead atoms. The third kappa shape index (κ3) is 6.17. The zero-order valence-electron chi connectivity index (χ0n) is 12.4. The Morgan fingerprint density at radius 1 is 1.17 bits per heavy atom. The fourth-order valence-electron chi connectivity index (χ4n) is 2.71. The molecule has 3 heteroatoms. The van der Waals surface area contributed by atoms with E-state index in [1.165, 1.54) is 32.1 Å². The van der Waals surface area contributed by atoms with E-state index in [0.717, 1.165) is 32.1 Å². The van der Waals surface area contributed by atoms with Gasteiger partial charge in [0.05, 0.1) is 13.2 Å². The topological polar surface area (TPSA) is 30.5 Å². The molecule has 18 heavy (non-hydrogen) atoms. The van der Waals surface area contributed by atoms with Crippen molar-refractivity contribution in [2.24, 2.45) is 5.92 Å². The van der Waals surface area contributed by atoms with Crippen LogP contribution < -0.4 is 5.32 Å². The maximum Gasteiger partial charge on any atom is 0.159 e. The van der Waals surface area contributed by atoms with Crippen LogP contribution >= 0.6 is 0 Å². The van der Waals surface area contributed by atoms with Gasteiger partial charge in [-0.3, -0.25) is 0 Å². The fourth-order valence-corrected chi connectivity index (χ4v) is 2.71. The standard InChI is InChI=1S/C15H31NO2/c1-4-7-8-13(5-2)11-14(16-6-3)12-15-17-9-10-18-15/h13-16H,4-12H2,1-3H3. The molecule has 1 rings (SSSR count). The summed E-state index contributed by atoms with van der Waals surface area (Å²) in [4.78, 5) is 0. The van der Waals surface area contributed by atoms with E-state index >= 15 is 0 Å². The van der Waals surface area contributed by atoms with Gasteiger partial charge in [0.25, 0.3) is 0 Å². The molecule has 1 saturated heterocycles. The Morgan fingerprint density at radius 3 is 2.44 bits per heavy atom. The minimum absolute atomic E-state index is 0.0257. The normalized spacial score (nSPS) is 20.2. The van der Waals surface area contributed by atoms with Crippen LogP contribution in [0.5, 0.6) is 0 Å². The number of nitrogens with one attached hydrogen (secondary N) is 1. The van der Waals surface area contributed by atoms with Crippen LogP contribution in [0.2, 0.25) is 0 Å². The largest absolute Gasteiger partial charge is 0.350 e. The molecule has 2 unspecified atom stereocenters. The molecular formula is C15H31NO2. The lowest BCUT2D eigenvalue weighted by Gasteiger charge is -2.25. The van der Waals surface area contributed by atoms with Crippen molar-refractivity contribution in [3.63, 3.8) is 0 Å². The molecule has 2 atom stereocenters. The van der Waals surface area contributed by atoms with Gasteiger partial charge in [-0.2, -0.15) is 0 Å². The van der Waals surface area contributed by atoms with Crippen LogP contribution in [-0.2, 0) is 9.47 Å². The van der Waals surface area contributed by atoms with E-state index in [1.54, 1.807) is 0 Å². The molecule has 1 heterocycles. The number of unbranched alkanes of at least 4 members (excludes halogenated alkanes) is 1. The highest BCUT2D eigenvalue weighted by molar-refractivity contribution is 4.73. The molecule has 1 aliphatic rings. The van der Waals surface area contributed by atoms with E-state index in [-0.39, 0.29) is 6.29 Å². The first-order valence-electron chi connectivity index (χ1n) is 7.76. The lowest BCUT2D eigenvalue weighted by atomic mass is 9.91. The molecule has 1 aliphatic heterocycles. The van der Waals surface area contributed by atoms with Crippen LogP contribution in [0.25, 0.3) is 0 Å². The highest BCUT2D eigenvalue weighted by atomic mass is 16.7. The zero-order chi connectivity index (χ0) is 13.2. The van der Waals surface area contributed by atoms with E-state index in [9.17, 15) is 0 Å². The Balaban J connectivity index is 2.33. The van der Waals surface area contributed by atoms with Gasteiger partial charge in [-0.25, -0.2) is 0 Å². The molecule has 3 nitrogen and oxygen atoms in total. The predicted octanol–water partition coefficient (Wildman–Crippen LogP) is 3.33. The Labute approximate surface area is 113 Å². The first kappa shape index (κ1) is 15.9. The molecule has 1 N–H and O–H groups in total. The summed E-state index contributed by atoms with van der Waals surface area (Å²) in [5.41, 5.74) is 0. The van der Waals surface area contributed by atoms with Gasteiger partial charge in [-0.05, 0) is 18.9 Å². The third-order valence-corrected chi connectivity index (χ3v) is 3.82. The van der Waals surface area contributed by atoms with Crippen LogP contribution in [0.3, 0.4) is 0 Å². The Hall–Kier alpha value is -0.120. The van der Waals surface area contributed by atoms with Gasteiger partial charge in [-0.1, -0.05) is 46.5 Å². The van der Waals surface area contributed by atoms with Crippen molar-refractivity contribution in [3.05, 3.63) is 0 Å². The van der Waals surface area contributed by atoms with Gasteiger partial charge in [-0.15, -0.1) is 0 Å². The van der Waals surface area contributed by atoms with Crippen LogP contribution in [-0.4, -0.2) is 32.1 Å². The minimum atomic E-state index is 0.0257. The summed E-state index contributed by atoms with van der Waals surface area (Å²) in [5.74, 6) is 0.843. The predicted molar refractivity (Wildman–Crippen MR) is 75.7 cm³/mol. The monoisotopic (exact) mass is 257 g/mol. The highest BCUT2D eigenvalue weighted by Gasteiger charge is 2.22. The van der Waals surface area contributed by atoms with E-state index in [1.807, 2.05) is 0 Å². The second-order valence-electron chi connectivity index (χ2n) is 5.31. The van der Waals surface area contributed by atoms with E-state index < -0.39 is 0 Å². The summed E-state index contributed by atoms with van der Waals surface area (Å²) >= 11 is 0. The van der Waals surface area contributed by atoms with Crippen molar-refractivity contribution in [2.45, 2.75) is 71.6 Å². The summed E-state index contributed by atoms with van der Waals surface area (Å²) in [6, 6.07) is 0.542. The summed E-state index contributed by atoms with van der Waals surface area (Å²) in [6.45, 7) is 9.31. The molecule has 0 spiro atoms. The first-order chi connectivity index (χ1) is 8.80. The molecule has 0 aromatic rings. The summed E-state index contributed by atoms with van der Waals surface area (Å²) in [7, 11) is 0. The van der Waals surface area contributed by atoms with Gasteiger partial charge in [0.2, 0.25) is 0 Å². The molecule has 108 valence electrons. The third-order valence-electron chi connectivity index (χ3n) is 3.82. The van der Waals surface area contributed by atoms with Crippen molar-refractivity contribution in [1.82, 2.24) is 5.32 Å². The Morgan fingerprint density at radius 2 is 1.89 bits per heavy atom. The molecule has 0 saturated carbocycles. The van der Waals surface area contributed by atoms with Gasteiger partial charge in [0, 0.05) is 12.5 Å². The summed E-state index contributed by atoms with van der Waals surface area (Å²) in [6.07, 6.45) is 7.59. The molecule has 0 amide bonds. The smallest absolute Gasteiger partial charge is 0.159 e. The number of ether oxygens (including phenoxy) is 2. The van der Waals surface area contributed by atoms with Gasteiger partial charge in [0.1, 0.15) is 0 Å². The first-order valence-corrected chi connectivity index (χ1v) is 7.76. The fraction of sp³-hybridized carbons (Fsp3) is 1.00. The second kappa shape index (κ2) is 9.76. The van der Waals surface area contributed by atoms with Crippen LogP contribution in [0.15, 0.2) is 0 Å².